The fourth-order valence-electron chi connectivity index (χ4n) is 1.54. The van der Waals surface area contributed by atoms with Crippen molar-refractivity contribution in [2.45, 2.75) is 40.0 Å². The Balaban J connectivity index is 0.000000249. The van der Waals surface area contributed by atoms with Gasteiger partial charge >= 0.3 is 19.5 Å². The van der Waals surface area contributed by atoms with Crippen LogP contribution in [-0.2, 0) is 19.5 Å². The van der Waals surface area contributed by atoms with E-state index in [-0.39, 0.29) is 19.5 Å². The van der Waals surface area contributed by atoms with Crippen molar-refractivity contribution in [3.63, 3.8) is 0 Å². The molecule has 0 saturated heterocycles. The summed E-state index contributed by atoms with van der Waals surface area (Å²) in [5.41, 5.74) is 3.82. The van der Waals surface area contributed by atoms with Gasteiger partial charge in [0.2, 0.25) is 0 Å². The summed E-state index contributed by atoms with van der Waals surface area (Å²) in [4.78, 5) is 0. The zero-order valence-corrected chi connectivity index (χ0v) is 13.7. The van der Waals surface area contributed by atoms with E-state index in [1.807, 2.05) is 0 Å². The van der Waals surface area contributed by atoms with E-state index < -0.39 is 0 Å². The second kappa shape index (κ2) is 10.9. The van der Waals surface area contributed by atoms with Gasteiger partial charge < -0.3 is 0 Å². The van der Waals surface area contributed by atoms with E-state index in [0.29, 0.717) is 0 Å². The van der Waals surface area contributed by atoms with Crippen LogP contribution in [0.2, 0.25) is 0 Å². The van der Waals surface area contributed by atoms with Gasteiger partial charge in [-0.15, -0.1) is 19.3 Å². The zero-order chi connectivity index (χ0) is 13.2. The standard InChI is InChI=1S/3C6H7.Ru/c3*1-6-4-2-3-5-6;/h3*2,4H,3H2,1H3;/q3*-1;+3. The molecule has 0 saturated carbocycles. The molecule has 0 N–H and O–H groups in total. The molecule has 0 atom stereocenters. The van der Waals surface area contributed by atoms with Crippen LogP contribution < -0.4 is 0 Å². The first-order valence-electron chi connectivity index (χ1n) is 6.40. The number of hydrogen-bond acceptors (Lipinski definition) is 0. The van der Waals surface area contributed by atoms with Crippen LogP contribution in [0.15, 0.2) is 53.2 Å². The molecule has 0 amide bonds. The Labute approximate surface area is 131 Å². The molecule has 1 radical (unpaired) electrons. The number of hydrogen-bond donors (Lipinski definition) is 0. The van der Waals surface area contributed by atoms with E-state index >= 15 is 0 Å². The molecule has 0 nitrogen and oxygen atoms in total. The molecule has 0 unspecified atom stereocenters. The maximum absolute atomic E-state index is 3.12. The average Bonchev–Trinajstić information content (AvgIpc) is 3.05. The monoisotopic (exact) mass is 339 g/mol. The van der Waals surface area contributed by atoms with Gasteiger partial charge in [0.25, 0.3) is 0 Å². The van der Waals surface area contributed by atoms with Gasteiger partial charge in [0.1, 0.15) is 0 Å². The van der Waals surface area contributed by atoms with Gasteiger partial charge in [0, 0.05) is 0 Å². The van der Waals surface area contributed by atoms with Gasteiger partial charge in [-0.2, -0.15) is 18.2 Å². The SMILES string of the molecule is CC1=[C-]CC=C1.CC1=[C-]CC=C1.CC1=[C-]CC=C1.[Ru+3]. The second-order valence-corrected chi connectivity index (χ2v) is 4.40. The fraction of sp³-hybridized carbons (Fsp3) is 0.333. The van der Waals surface area contributed by atoms with E-state index in [4.69, 9.17) is 0 Å². The Morgan fingerprint density at radius 3 is 0.947 bits per heavy atom. The molecular formula is C18H21Ru. The van der Waals surface area contributed by atoms with Crippen molar-refractivity contribution in [3.05, 3.63) is 71.4 Å². The van der Waals surface area contributed by atoms with Crippen LogP contribution in [0.3, 0.4) is 0 Å². The maximum Gasteiger partial charge on any atom is 3.00 e. The molecular weight excluding hydrogens is 317 g/mol. The summed E-state index contributed by atoms with van der Waals surface area (Å²) in [6, 6.07) is 0. The van der Waals surface area contributed by atoms with Gasteiger partial charge in [-0.25, -0.2) is 34.9 Å². The van der Waals surface area contributed by atoms with E-state index in [1.165, 1.54) is 16.7 Å². The third kappa shape index (κ3) is 9.62. The van der Waals surface area contributed by atoms with Crippen LogP contribution in [0, 0.1) is 18.2 Å². The van der Waals surface area contributed by atoms with Crippen molar-refractivity contribution in [2.24, 2.45) is 0 Å². The molecule has 0 aromatic rings. The number of rotatable bonds is 0. The van der Waals surface area contributed by atoms with Gasteiger partial charge in [0.05, 0.1) is 0 Å². The molecule has 0 aromatic heterocycles. The molecule has 0 bridgehead atoms. The maximum atomic E-state index is 3.12. The van der Waals surface area contributed by atoms with E-state index in [2.05, 4.69) is 75.5 Å². The van der Waals surface area contributed by atoms with Crippen LogP contribution in [0.25, 0.3) is 0 Å². The molecule has 0 aliphatic heterocycles. The van der Waals surface area contributed by atoms with Gasteiger partial charge in [-0.3, -0.25) is 18.2 Å². The fourth-order valence-corrected chi connectivity index (χ4v) is 1.54. The van der Waals surface area contributed by atoms with Crippen molar-refractivity contribution in [1.82, 2.24) is 0 Å². The molecule has 3 aliphatic rings. The molecule has 0 fully saturated rings. The third-order valence-corrected chi connectivity index (χ3v) is 2.60. The Morgan fingerprint density at radius 2 is 0.895 bits per heavy atom. The largest absolute Gasteiger partial charge is 3.00 e. The van der Waals surface area contributed by atoms with Crippen molar-refractivity contribution >= 4 is 0 Å². The smallest absolute Gasteiger partial charge is 0.270 e. The molecule has 3 aliphatic carbocycles. The first-order chi connectivity index (χ1) is 8.68. The van der Waals surface area contributed by atoms with Crippen LogP contribution in [0.1, 0.15) is 40.0 Å². The third-order valence-electron chi connectivity index (χ3n) is 2.60. The average molecular weight is 338 g/mol. The van der Waals surface area contributed by atoms with Gasteiger partial charge in [-0.05, 0) is 0 Å². The summed E-state index contributed by atoms with van der Waals surface area (Å²) in [5.74, 6) is 0. The zero-order valence-electron chi connectivity index (χ0n) is 11.9. The van der Waals surface area contributed by atoms with Crippen molar-refractivity contribution in [1.29, 1.82) is 0 Å². The van der Waals surface area contributed by atoms with Crippen molar-refractivity contribution in [3.8, 4) is 0 Å². The van der Waals surface area contributed by atoms with Crippen LogP contribution >= 0.6 is 0 Å². The van der Waals surface area contributed by atoms with Crippen molar-refractivity contribution in [2.75, 3.05) is 0 Å². The topological polar surface area (TPSA) is 0 Å². The summed E-state index contributed by atoms with van der Waals surface area (Å²) in [6.45, 7) is 6.18. The van der Waals surface area contributed by atoms with Gasteiger partial charge in [0.15, 0.2) is 0 Å². The minimum atomic E-state index is 0. The van der Waals surface area contributed by atoms with E-state index in [1.54, 1.807) is 0 Å². The predicted octanol–water partition coefficient (Wildman–Crippen LogP) is 5.08. The molecule has 0 spiro atoms. The first kappa shape index (κ1) is 18.1. The molecule has 1 heteroatoms. The molecule has 3 rings (SSSR count). The quantitative estimate of drug-likeness (QED) is 0.426. The van der Waals surface area contributed by atoms with Crippen LogP contribution in [0.4, 0.5) is 0 Å². The summed E-state index contributed by atoms with van der Waals surface area (Å²) < 4.78 is 0. The molecule has 101 valence electrons. The minimum absolute atomic E-state index is 0. The second-order valence-electron chi connectivity index (χ2n) is 4.40. The Morgan fingerprint density at radius 1 is 0.632 bits per heavy atom. The predicted molar refractivity (Wildman–Crippen MR) is 78.6 cm³/mol. The summed E-state index contributed by atoms with van der Waals surface area (Å²) in [6.07, 6.45) is 25.0. The minimum Gasteiger partial charge on any atom is -0.270 e. The van der Waals surface area contributed by atoms with Crippen LogP contribution in [-0.4, -0.2) is 0 Å². The van der Waals surface area contributed by atoms with Crippen LogP contribution in [0.5, 0.6) is 0 Å². The molecule has 0 aromatic carbocycles. The Bertz CT molecular complexity index is 354. The van der Waals surface area contributed by atoms with Crippen molar-refractivity contribution < 1.29 is 19.5 Å². The normalized spacial score (nSPS) is 17.5. The summed E-state index contributed by atoms with van der Waals surface area (Å²) in [5, 5.41) is 0. The molecule has 19 heavy (non-hydrogen) atoms. The first-order valence-corrected chi connectivity index (χ1v) is 6.40. The number of allylic oxidation sites excluding steroid dienone is 12. The Kier molecular flexibility index (Phi) is 10.4. The van der Waals surface area contributed by atoms with E-state index in [0.717, 1.165) is 19.3 Å². The summed E-state index contributed by atoms with van der Waals surface area (Å²) >= 11 is 0. The van der Waals surface area contributed by atoms with Gasteiger partial charge in [-0.1, -0.05) is 20.8 Å². The summed E-state index contributed by atoms with van der Waals surface area (Å²) in [7, 11) is 0. The Hall–Kier alpha value is -0.937. The van der Waals surface area contributed by atoms with E-state index in [9.17, 15) is 0 Å². The molecule has 0 heterocycles.